The predicted molar refractivity (Wildman–Crippen MR) is 63.4 cm³/mol. The van der Waals surface area contributed by atoms with Crippen LogP contribution >= 0.6 is 0 Å². The van der Waals surface area contributed by atoms with Crippen molar-refractivity contribution in [1.29, 1.82) is 0 Å². The zero-order chi connectivity index (χ0) is 12.8. The second-order valence-corrected chi connectivity index (χ2v) is 4.06. The lowest BCUT2D eigenvalue weighted by Gasteiger charge is -2.30. The van der Waals surface area contributed by atoms with Crippen LogP contribution in [0.25, 0.3) is 0 Å². The maximum atomic E-state index is 11.4. The van der Waals surface area contributed by atoms with E-state index in [4.69, 9.17) is 9.47 Å². The van der Waals surface area contributed by atoms with E-state index in [1.165, 1.54) is 13.8 Å². The fraction of sp³-hybridized carbons (Fsp3) is 0.538. The number of Topliss-reactive ketones (excluding diaryl/α,β-unsaturated/α-hetero) is 1. The molecule has 17 heavy (non-hydrogen) atoms. The second kappa shape index (κ2) is 6.35. The summed E-state index contributed by atoms with van der Waals surface area (Å²) in [6.07, 6.45) is 5.63. The summed E-state index contributed by atoms with van der Waals surface area (Å²) in [5.41, 5.74) is 0. The van der Waals surface area contributed by atoms with E-state index in [1.54, 1.807) is 6.08 Å². The van der Waals surface area contributed by atoms with Crippen molar-refractivity contribution in [2.24, 2.45) is 5.92 Å². The van der Waals surface area contributed by atoms with E-state index in [2.05, 4.69) is 6.58 Å². The third-order valence-electron chi connectivity index (χ3n) is 2.60. The molecule has 0 unspecified atom stereocenters. The lowest BCUT2D eigenvalue weighted by Crippen LogP contribution is -2.38. The molecule has 94 valence electrons. The lowest BCUT2D eigenvalue weighted by molar-refractivity contribution is -0.150. The highest BCUT2D eigenvalue weighted by atomic mass is 16.6. The van der Waals surface area contributed by atoms with Crippen LogP contribution in [0.5, 0.6) is 0 Å². The molecule has 1 aliphatic heterocycles. The van der Waals surface area contributed by atoms with Gasteiger partial charge in [0.2, 0.25) is 0 Å². The standard InChI is InChI=1S/C13H18O4/c1-4-5-11-6-7-12(9(2)14)13(17-11)8-16-10(3)15/h4,6-7,11-13H,1,5,8H2,2-3H3/t11-,12-,13+/m0/s1. The summed E-state index contributed by atoms with van der Waals surface area (Å²) in [5, 5.41) is 0. The monoisotopic (exact) mass is 238 g/mol. The Morgan fingerprint density at radius 1 is 1.41 bits per heavy atom. The number of ether oxygens (including phenoxy) is 2. The molecule has 0 fully saturated rings. The number of hydrogen-bond acceptors (Lipinski definition) is 4. The Kier molecular flexibility index (Phi) is 5.10. The Balaban J connectivity index is 2.67. The van der Waals surface area contributed by atoms with Gasteiger partial charge in [0.15, 0.2) is 0 Å². The molecule has 0 aromatic carbocycles. The SMILES string of the molecule is C=CC[C@H]1C=C[C@@H](C(C)=O)[C@@H](COC(C)=O)O1. The fourth-order valence-electron chi connectivity index (χ4n) is 1.76. The fourth-order valence-corrected chi connectivity index (χ4v) is 1.76. The molecular weight excluding hydrogens is 220 g/mol. The third-order valence-corrected chi connectivity index (χ3v) is 2.60. The van der Waals surface area contributed by atoms with Crippen molar-refractivity contribution in [2.45, 2.75) is 32.5 Å². The van der Waals surface area contributed by atoms with Gasteiger partial charge < -0.3 is 9.47 Å². The minimum Gasteiger partial charge on any atom is -0.463 e. The van der Waals surface area contributed by atoms with Crippen molar-refractivity contribution in [3.8, 4) is 0 Å². The summed E-state index contributed by atoms with van der Waals surface area (Å²) in [6, 6.07) is 0. The first-order chi connectivity index (χ1) is 8.04. The average molecular weight is 238 g/mol. The normalized spacial score (nSPS) is 27.5. The average Bonchev–Trinajstić information content (AvgIpc) is 2.26. The number of carbonyl (C=O) groups is 2. The molecular formula is C13H18O4. The molecule has 1 rings (SSSR count). The molecule has 1 heterocycles. The van der Waals surface area contributed by atoms with E-state index in [0.29, 0.717) is 6.42 Å². The molecule has 0 saturated heterocycles. The molecule has 0 amide bonds. The number of ketones is 1. The van der Waals surface area contributed by atoms with Crippen LogP contribution in [-0.2, 0) is 19.1 Å². The quantitative estimate of drug-likeness (QED) is 0.540. The summed E-state index contributed by atoms with van der Waals surface area (Å²) >= 11 is 0. The molecule has 0 N–H and O–H groups in total. The number of esters is 1. The summed E-state index contributed by atoms with van der Waals surface area (Å²) in [4.78, 5) is 22.2. The van der Waals surface area contributed by atoms with Gasteiger partial charge in [0.05, 0.1) is 12.0 Å². The van der Waals surface area contributed by atoms with Crippen LogP contribution in [0.1, 0.15) is 20.3 Å². The Bertz CT molecular complexity index is 332. The van der Waals surface area contributed by atoms with Crippen LogP contribution in [0.4, 0.5) is 0 Å². The van der Waals surface area contributed by atoms with E-state index in [1.807, 2.05) is 12.2 Å². The van der Waals surface area contributed by atoms with Gasteiger partial charge in [0, 0.05) is 6.92 Å². The van der Waals surface area contributed by atoms with Crippen LogP contribution in [0.3, 0.4) is 0 Å². The molecule has 0 aliphatic carbocycles. The van der Waals surface area contributed by atoms with Crippen LogP contribution < -0.4 is 0 Å². The van der Waals surface area contributed by atoms with Gasteiger partial charge in [-0.25, -0.2) is 0 Å². The van der Waals surface area contributed by atoms with Gasteiger partial charge in [-0.2, -0.15) is 0 Å². The topological polar surface area (TPSA) is 52.6 Å². The van der Waals surface area contributed by atoms with Crippen LogP contribution in [-0.4, -0.2) is 30.6 Å². The third kappa shape index (κ3) is 4.15. The summed E-state index contributed by atoms with van der Waals surface area (Å²) < 4.78 is 10.6. The van der Waals surface area contributed by atoms with Crippen molar-refractivity contribution in [3.63, 3.8) is 0 Å². The van der Waals surface area contributed by atoms with Crippen molar-refractivity contribution in [1.82, 2.24) is 0 Å². The van der Waals surface area contributed by atoms with Crippen molar-refractivity contribution in [2.75, 3.05) is 6.61 Å². The first-order valence-electron chi connectivity index (χ1n) is 5.63. The predicted octanol–water partition coefficient (Wildman–Crippen LogP) is 1.65. The number of hydrogen-bond donors (Lipinski definition) is 0. The van der Waals surface area contributed by atoms with Gasteiger partial charge in [0.25, 0.3) is 0 Å². The summed E-state index contributed by atoms with van der Waals surface area (Å²) in [6.45, 7) is 6.59. The Hall–Kier alpha value is -1.42. The van der Waals surface area contributed by atoms with Gasteiger partial charge in [0.1, 0.15) is 18.5 Å². The highest BCUT2D eigenvalue weighted by Crippen LogP contribution is 2.22. The van der Waals surface area contributed by atoms with Crippen LogP contribution in [0, 0.1) is 5.92 Å². The molecule has 0 radical (unpaired) electrons. The molecule has 0 spiro atoms. The smallest absolute Gasteiger partial charge is 0.302 e. The summed E-state index contributed by atoms with van der Waals surface area (Å²) in [5.74, 6) is -0.698. The Morgan fingerprint density at radius 3 is 2.65 bits per heavy atom. The zero-order valence-electron chi connectivity index (χ0n) is 10.2. The molecule has 4 nitrogen and oxygen atoms in total. The molecule has 1 aliphatic rings. The Morgan fingerprint density at radius 2 is 2.12 bits per heavy atom. The van der Waals surface area contributed by atoms with Crippen molar-refractivity contribution < 1.29 is 19.1 Å². The van der Waals surface area contributed by atoms with E-state index >= 15 is 0 Å². The van der Waals surface area contributed by atoms with E-state index in [-0.39, 0.29) is 30.4 Å². The van der Waals surface area contributed by atoms with Gasteiger partial charge in [-0.05, 0) is 13.3 Å². The van der Waals surface area contributed by atoms with Gasteiger partial charge in [-0.1, -0.05) is 18.2 Å². The molecule has 0 aromatic heterocycles. The van der Waals surface area contributed by atoms with E-state index in [0.717, 1.165) is 0 Å². The first-order valence-corrected chi connectivity index (χ1v) is 5.63. The van der Waals surface area contributed by atoms with Gasteiger partial charge in [-0.15, -0.1) is 6.58 Å². The van der Waals surface area contributed by atoms with Gasteiger partial charge >= 0.3 is 5.97 Å². The summed E-state index contributed by atoms with van der Waals surface area (Å²) in [7, 11) is 0. The van der Waals surface area contributed by atoms with E-state index in [9.17, 15) is 9.59 Å². The van der Waals surface area contributed by atoms with Gasteiger partial charge in [-0.3, -0.25) is 9.59 Å². The highest BCUT2D eigenvalue weighted by Gasteiger charge is 2.30. The second-order valence-electron chi connectivity index (χ2n) is 4.06. The molecule has 3 atom stereocenters. The highest BCUT2D eigenvalue weighted by molar-refractivity contribution is 5.81. The first kappa shape index (κ1) is 13.6. The number of rotatable bonds is 5. The van der Waals surface area contributed by atoms with Crippen LogP contribution in [0.2, 0.25) is 0 Å². The molecule has 4 heteroatoms. The Labute approximate surface area is 101 Å². The maximum absolute atomic E-state index is 11.4. The molecule has 0 bridgehead atoms. The van der Waals surface area contributed by atoms with Crippen molar-refractivity contribution >= 4 is 11.8 Å². The maximum Gasteiger partial charge on any atom is 0.302 e. The largest absolute Gasteiger partial charge is 0.463 e. The molecule has 0 saturated carbocycles. The van der Waals surface area contributed by atoms with Crippen LogP contribution in [0.15, 0.2) is 24.8 Å². The lowest BCUT2D eigenvalue weighted by atomic mass is 9.94. The zero-order valence-corrected chi connectivity index (χ0v) is 10.2. The van der Waals surface area contributed by atoms with Crippen molar-refractivity contribution in [3.05, 3.63) is 24.8 Å². The molecule has 0 aromatic rings. The van der Waals surface area contributed by atoms with E-state index < -0.39 is 6.10 Å². The minimum atomic E-state index is -0.397. The minimum absolute atomic E-state index is 0.00968. The number of carbonyl (C=O) groups excluding carboxylic acids is 2.